The number of rotatable bonds is 6. The van der Waals surface area contributed by atoms with Gasteiger partial charge in [-0.05, 0) is 45.4 Å². The molecular weight excluding hydrogens is 262 g/mol. The Kier molecular flexibility index (Phi) is 5.79. The summed E-state index contributed by atoms with van der Waals surface area (Å²) in [6.07, 6.45) is 4.96. The van der Waals surface area contributed by atoms with Gasteiger partial charge >= 0.3 is 0 Å². The Morgan fingerprint density at radius 2 is 1.89 bits per heavy atom. The minimum atomic E-state index is -3.45. The fraction of sp³-hybridized carbons (Fsp3) is 1.00. The summed E-state index contributed by atoms with van der Waals surface area (Å²) in [5.74, 6) is 0.715. The molecule has 0 saturated heterocycles. The molecular formula is C13H29N3O2S. The normalized spacial score (nSPS) is 29.1. The average Bonchev–Trinajstić information content (AvgIpc) is 2.38. The predicted octanol–water partition coefficient (Wildman–Crippen LogP) is 1.46. The maximum atomic E-state index is 12.3. The van der Waals surface area contributed by atoms with E-state index < -0.39 is 15.7 Å². The summed E-state index contributed by atoms with van der Waals surface area (Å²) >= 11 is 0. The molecule has 0 aromatic heterocycles. The van der Waals surface area contributed by atoms with Gasteiger partial charge in [-0.15, -0.1) is 0 Å². The van der Waals surface area contributed by atoms with Crippen LogP contribution in [0, 0.1) is 5.92 Å². The molecule has 0 radical (unpaired) electrons. The molecule has 0 atom stereocenters. The zero-order valence-electron chi connectivity index (χ0n) is 12.6. The van der Waals surface area contributed by atoms with Crippen molar-refractivity contribution < 1.29 is 8.42 Å². The van der Waals surface area contributed by atoms with Crippen molar-refractivity contribution in [3.05, 3.63) is 0 Å². The van der Waals surface area contributed by atoms with Gasteiger partial charge in [0.25, 0.3) is 10.2 Å². The number of nitrogens with zero attached hydrogens (tertiary/aromatic N) is 1. The van der Waals surface area contributed by atoms with Crippen molar-refractivity contribution in [3.63, 3.8) is 0 Å². The lowest BCUT2D eigenvalue weighted by Crippen LogP contribution is -2.58. The average molecular weight is 291 g/mol. The smallest absolute Gasteiger partial charge is 0.279 e. The van der Waals surface area contributed by atoms with Crippen LogP contribution in [0.2, 0.25) is 0 Å². The van der Waals surface area contributed by atoms with Crippen LogP contribution in [0.5, 0.6) is 0 Å². The van der Waals surface area contributed by atoms with Gasteiger partial charge in [-0.25, -0.2) is 0 Å². The molecule has 1 fully saturated rings. The monoisotopic (exact) mass is 291 g/mol. The second-order valence-corrected chi connectivity index (χ2v) is 7.78. The summed E-state index contributed by atoms with van der Waals surface area (Å²) in [5.41, 5.74) is 5.41. The van der Waals surface area contributed by atoms with E-state index >= 15 is 0 Å². The molecule has 0 spiro atoms. The molecule has 1 rings (SSSR count). The van der Waals surface area contributed by atoms with Crippen LogP contribution in [0.25, 0.3) is 0 Å². The third-order valence-electron chi connectivity index (χ3n) is 4.48. The van der Waals surface area contributed by atoms with Crippen molar-refractivity contribution in [1.82, 2.24) is 9.03 Å². The van der Waals surface area contributed by atoms with Crippen molar-refractivity contribution in [2.24, 2.45) is 11.7 Å². The maximum absolute atomic E-state index is 12.3. The van der Waals surface area contributed by atoms with Crippen molar-refractivity contribution in [2.75, 3.05) is 13.6 Å². The summed E-state index contributed by atoms with van der Waals surface area (Å²) in [6, 6.07) is -0.0562. The van der Waals surface area contributed by atoms with E-state index in [0.29, 0.717) is 12.5 Å². The minimum Gasteiger partial charge on any atom is -0.329 e. The first-order valence-corrected chi connectivity index (χ1v) is 8.67. The van der Waals surface area contributed by atoms with Gasteiger partial charge in [0.2, 0.25) is 0 Å². The molecule has 3 N–H and O–H groups in total. The highest BCUT2D eigenvalue weighted by molar-refractivity contribution is 7.87. The molecule has 0 aliphatic heterocycles. The second-order valence-electron chi connectivity index (χ2n) is 6.05. The molecule has 6 heteroatoms. The Balaban J connectivity index is 2.77. The largest absolute Gasteiger partial charge is 0.329 e. The predicted molar refractivity (Wildman–Crippen MR) is 79.0 cm³/mol. The highest BCUT2D eigenvalue weighted by Crippen LogP contribution is 2.33. The fourth-order valence-electron chi connectivity index (χ4n) is 2.61. The first-order valence-electron chi connectivity index (χ1n) is 7.23. The first-order chi connectivity index (χ1) is 8.76. The van der Waals surface area contributed by atoms with Crippen LogP contribution in [-0.4, -0.2) is 37.9 Å². The van der Waals surface area contributed by atoms with Gasteiger partial charge in [-0.3, -0.25) is 0 Å². The van der Waals surface area contributed by atoms with Gasteiger partial charge in [0.15, 0.2) is 0 Å². The summed E-state index contributed by atoms with van der Waals surface area (Å²) in [5, 5.41) is 0. The Morgan fingerprint density at radius 3 is 2.26 bits per heavy atom. The zero-order valence-corrected chi connectivity index (χ0v) is 13.5. The molecule has 1 aliphatic rings. The molecule has 1 saturated carbocycles. The van der Waals surface area contributed by atoms with E-state index in [2.05, 4.69) is 11.6 Å². The molecule has 0 unspecified atom stereocenters. The molecule has 0 amide bonds. The van der Waals surface area contributed by atoms with Crippen molar-refractivity contribution in [2.45, 2.75) is 64.5 Å². The first kappa shape index (κ1) is 16.9. The van der Waals surface area contributed by atoms with E-state index in [-0.39, 0.29) is 6.04 Å². The topological polar surface area (TPSA) is 75.4 Å². The van der Waals surface area contributed by atoms with E-state index in [1.807, 2.05) is 13.8 Å². The summed E-state index contributed by atoms with van der Waals surface area (Å²) in [4.78, 5) is 0. The number of hydrogen-bond donors (Lipinski definition) is 2. The van der Waals surface area contributed by atoms with Gasteiger partial charge in [-0.2, -0.15) is 17.4 Å². The Labute approximate surface area is 118 Å². The molecule has 1 aliphatic carbocycles. The van der Waals surface area contributed by atoms with Crippen LogP contribution < -0.4 is 10.5 Å². The lowest BCUT2D eigenvalue weighted by atomic mass is 9.76. The Bertz CT molecular complexity index is 373. The molecule has 114 valence electrons. The third kappa shape index (κ3) is 4.15. The van der Waals surface area contributed by atoms with Crippen LogP contribution in [0.3, 0.4) is 0 Å². The second kappa shape index (κ2) is 6.52. The zero-order chi connectivity index (χ0) is 14.7. The van der Waals surface area contributed by atoms with E-state index in [1.165, 1.54) is 10.7 Å². The van der Waals surface area contributed by atoms with Gasteiger partial charge in [0.1, 0.15) is 0 Å². The van der Waals surface area contributed by atoms with Crippen LogP contribution in [-0.2, 0) is 10.2 Å². The molecule has 0 aromatic carbocycles. The van der Waals surface area contributed by atoms with Gasteiger partial charge in [0, 0.05) is 25.2 Å². The lowest BCUT2D eigenvalue weighted by Gasteiger charge is -2.40. The van der Waals surface area contributed by atoms with E-state index in [4.69, 9.17) is 5.73 Å². The number of hydrogen-bond acceptors (Lipinski definition) is 3. The lowest BCUT2D eigenvalue weighted by molar-refractivity contribution is 0.213. The van der Waals surface area contributed by atoms with Crippen molar-refractivity contribution in [1.29, 1.82) is 0 Å². The third-order valence-corrected chi connectivity index (χ3v) is 6.35. The van der Waals surface area contributed by atoms with Gasteiger partial charge < -0.3 is 5.73 Å². The van der Waals surface area contributed by atoms with Crippen LogP contribution >= 0.6 is 0 Å². The molecule has 0 heterocycles. The minimum absolute atomic E-state index is 0.0562. The summed E-state index contributed by atoms with van der Waals surface area (Å²) in [6.45, 7) is 6.29. The molecule has 5 nitrogen and oxygen atoms in total. The fourth-order valence-corrected chi connectivity index (χ4v) is 4.14. The van der Waals surface area contributed by atoms with Crippen LogP contribution in [0.15, 0.2) is 0 Å². The molecule has 19 heavy (non-hydrogen) atoms. The van der Waals surface area contributed by atoms with E-state index in [1.54, 1.807) is 7.05 Å². The quantitative estimate of drug-likeness (QED) is 0.778. The highest BCUT2D eigenvalue weighted by Gasteiger charge is 2.38. The standard InChI is InChI=1S/C13H29N3O2S/c1-5-12-6-8-13(10-14,9-7-12)15-19(17,18)16(4)11(2)3/h11-12,15H,5-10,14H2,1-4H3. The van der Waals surface area contributed by atoms with E-state index in [0.717, 1.165) is 25.7 Å². The Morgan fingerprint density at radius 1 is 1.37 bits per heavy atom. The molecule has 0 aromatic rings. The van der Waals surface area contributed by atoms with Crippen LogP contribution in [0.4, 0.5) is 0 Å². The molecule has 0 bridgehead atoms. The SMILES string of the molecule is CCC1CCC(CN)(NS(=O)(=O)N(C)C(C)C)CC1. The number of nitrogens with one attached hydrogen (secondary N) is 1. The maximum Gasteiger partial charge on any atom is 0.279 e. The Hall–Kier alpha value is -0.170. The number of nitrogens with two attached hydrogens (primary N) is 1. The van der Waals surface area contributed by atoms with Gasteiger partial charge in [0.05, 0.1) is 0 Å². The van der Waals surface area contributed by atoms with E-state index in [9.17, 15) is 8.42 Å². The van der Waals surface area contributed by atoms with Gasteiger partial charge in [-0.1, -0.05) is 13.3 Å². The van der Waals surface area contributed by atoms with Crippen molar-refractivity contribution >= 4 is 10.2 Å². The summed E-state index contributed by atoms with van der Waals surface area (Å²) in [7, 11) is -1.84. The van der Waals surface area contributed by atoms with Crippen LogP contribution in [0.1, 0.15) is 52.9 Å². The highest BCUT2D eigenvalue weighted by atomic mass is 32.2. The van der Waals surface area contributed by atoms with Crippen molar-refractivity contribution in [3.8, 4) is 0 Å². The summed E-state index contributed by atoms with van der Waals surface area (Å²) < 4.78 is 28.9.